The van der Waals surface area contributed by atoms with Crippen molar-refractivity contribution in [1.29, 1.82) is 0 Å². The molecule has 1 amide bonds. The molecule has 8 heteroatoms. The third-order valence-electron chi connectivity index (χ3n) is 5.20. The minimum absolute atomic E-state index is 0.0783. The summed E-state index contributed by atoms with van der Waals surface area (Å²) in [5, 5.41) is 10.8. The lowest BCUT2D eigenvalue weighted by Gasteiger charge is -2.36. The first kappa shape index (κ1) is 18.0. The number of aromatic nitrogens is 2. The zero-order chi connectivity index (χ0) is 19.7. The fourth-order valence-corrected chi connectivity index (χ4v) is 3.63. The normalized spacial score (nSPS) is 14.5. The van der Waals surface area contributed by atoms with Crippen LogP contribution >= 0.6 is 0 Å². The van der Waals surface area contributed by atoms with E-state index in [0.29, 0.717) is 26.2 Å². The molecule has 1 saturated heterocycles. The number of nitro groups is 1. The number of hydrogen-bond donors (Lipinski definition) is 0. The van der Waals surface area contributed by atoms with Gasteiger partial charge in [0.2, 0.25) is 5.91 Å². The molecule has 0 spiro atoms. The van der Waals surface area contributed by atoms with Crippen LogP contribution in [0.25, 0.3) is 11.0 Å². The maximum absolute atomic E-state index is 12.8. The number of nitro benzene ring substituents is 1. The van der Waals surface area contributed by atoms with Gasteiger partial charge in [-0.15, -0.1) is 0 Å². The number of imidazole rings is 1. The van der Waals surface area contributed by atoms with Crippen molar-refractivity contribution in [2.24, 2.45) is 0 Å². The number of para-hydroxylation sites is 2. The van der Waals surface area contributed by atoms with Crippen molar-refractivity contribution in [3.8, 4) is 0 Å². The van der Waals surface area contributed by atoms with Crippen LogP contribution in [0.1, 0.15) is 5.82 Å². The number of nitrogens with zero attached hydrogens (tertiary/aromatic N) is 5. The van der Waals surface area contributed by atoms with Gasteiger partial charge in [-0.3, -0.25) is 14.9 Å². The maximum atomic E-state index is 12.8. The molecule has 4 rings (SSSR count). The molecule has 2 heterocycles. The first-order valence-electron chi connectivity index (χ1n) is 9.22. The third-order valence-corrected chi connectivity index (χ3v) is 5.20. The molecule has 0 unspecified atom stereocenters. The third kappa shape index (κ3) is 3.40. The van der Waals surface area contributed by atoms with E-state index in [0.717, 1.165) is 22.5 Å². The first-order chi connectivity index (χ1) is 13.5. The summed E-state index contributed by atoms with van der Waals surface area (Å²) in [6, 6.07) is 14.4. The molecule has 0 atom stereocenters. The highest BCUT2D eigenvalue weighted by atomic mass is 16.6. The standard InChI is InChI=1S/C20H21N5O3/c1-15-21-18-4-2-3-5-19(18)24(15)14-20(26)23-12-10-22(11-13-23)16-6-8-17(9-7-16)25(27)28/h2-9H,10-14H2,1H3. The van der Waals surface area contributed by atoms with Gasteiger partial charge in [-0.25, -0.2) is 4.98 Å². The van der Waals surface area contributed by atoms with Gasteiger partial charge >= 0.3 is 0 Å². The molecule has 1 fully saturated rings. The Morgan fingerprint density at radius 1 is 1.07 bits per heavy atom. The Kier molecular flexibility index (Phi) is 4.68. The quantitative estimate of drug-likeness (QED) is 0.514. The average molecular weight is 379 g/mol. The summed E-state index contributed by atoms with van der Waals surface area (Å²) in [7, 11) is 0. The number of piperazine rings is 1. The Morgan fingerprint density at radius 2 is 1.75 bits per heavy atom. The number of non-ortho nitro benzene ring substituents is 1. The summed E-state index contributed by atoms with van der Waals surface area (Å²) < 4.78 is 1.96. The Balaban J connectivity index is 1.40. The van der Waals surface area contributed by atoms with Crippen LogP contribution in [-0.2, 0) is 11.3 Å². The molecule has 8 nitrogen and oxygen atoms in total. The topological polar surface area (TPSA) is 84.5 Å². The van der Waals surface area contributed by atoms with Crippen LogP contribution in [0.4, 0.5) is 11.4 Å². The van der Waals surface area contributed by atoms with E-state index in [1.807, 2.05) is 40.7 Å². The predicted molar refractivity (Wildman–Crippen MR) is 106 cm³/mol. The number of carbonyl (C=O) groups is 1. The molecule has 0 aliphatic carbocycles. The second-order valence-electron chi connectivity index (χ2n) is 6.88. The molecule has 1 aliphatic rings. The zero-order valence-corrected chi connectivity index (χ0v) is 15.6. The minimum atomic E-state index is -0.401. The van der Waals surface area contributed by atoms with Crippen molar-refractivity contribution in [2.75, 3.05) is 31.1 Å². The van der Waals surface area contributed by atoms with Gasteiger partial charge in [0, 0.05) is 44.0 Å². The number of benzene rings is 2. The van der Waals surface area contributed by atoms with Gasteiger partial charge in [0.25, 0.3) is 5.69 Å². The molecule has 3 aromatic rings. The number of amides is 1. The van der Waals surface area contributed by atoms with E-state index >= 15 is 0 Å². The summed E-state index contributed by atoms with van der Waals surface area (Å²) in [5.74, 6) is 0.911. The summed E-state index contributed by atoms with van der Waals surface area (Å²) in [4.78, 5) is 31.7. The highest BCUT2D eigenvalue weighted by Crippen LogP contribution is 2.21. The molecule has 0 radical (unpaired) electrons. The summed E-state index contributed by atoms with van der Waals surface area (Å²) in [6.45, 7) is 4.85. The van der Waals surface area contributed by atoms with Crippen LogP contribution in [-0.4, -0.2) is 51.5 Å². The molecule has 144 valence electrons. The largest absolute Gasteiger partial charge is 0.368 e. The van der Waals surface area contributed by atoms with E-state index in [2.05, 4.69) is 9.88 Å². The monoisotopic (exact) mass is 379 g/mol. The smallest absolute Gasteiger partial charge is 0.269 e. The number of hydrogen-bond acceptors (Lipinski definition) is 5. The van der Waals surface area contributed by atoms with Gasteiger partial charge in [-0.05, 0) is 31.2 Å². The van der Waals surface area contributed by atoms with Crippen molar-refractivity contribution >= 4 is 28.3 Å². The summed E-state index contributed by atoms with van der Waals surface area (Å²) in [6.07, 6.45) is 0. The molecular weight excluding hydrogens is 358 g/mol. The zero-order valence-electron chi connectivity index (χ0n) is 15.6. The molecule has 1 aliphatic heterocycles. The fourth-order valence-electron chi connectivity index (χ4n) is 3.63. The Hall–Kier alpha value is -3.42. The van der Waals surface area contributed by atoms with Gasteiger partial charge in [-0.1, -0.05) is 12.1 Å². The van der Waals surface area contributed by atoms with Gasteiger partial charge in [0.15, 0.2) is 0 Å². The predicted octanol–water partition coefficient (Wildman–Crippen LogP) is 2.60. The number of carbonyl (C=O) groups excluding carboxylic acids is 1. The second-order valence-corrected chi connectivity index (χ2v) is 6.88. The second kappa shape index (κ2) is 7.30. The van der Waals surface area contributed by atoms with Crippen molar-refractivity contribution in [2.45, 2.75) is 13.5 Å². The number of fused-ring (bicyclic) bond motifs is 1. The molecule has 0 bridgehead atoms. The Labute approximate surface area is 162 Å². The van der Waals surface area contributed by atoms with E-state index in [9.17, 15) is 14.9 Å². The summed E-state index contributed by atoms with van der Waals surface area (Å²) in [5.41, 5.74) is 2.89. The van der Waals surface area contributed by atoms with Crippen LogP contribution in [0.15, 0.2) is 48.5 Å². The molecule has 0 saturated carbocycles. The fraction of sp³-hybridized carbons (Fsp3) is 0.300. The van der Waals surface area contributed by atoms with Gasteiger partial charge in [-0.2, -0.15) is 0 Å². The number of aryl methyl sites for hydroxylation is 1. The maximum Gasteiger partial charge on any atom is 0.269 e. The molecule has 2 aromatic carbocycles. The first-order valence-corrected chi connectivity index (χ1v) is 9.22. The SMILES string of the molecule is Cc1nc2ccccc2n1CC(=O)N1CCN(c2ccc([N+](=O)[O-])cc2)CC1. The molecule has 1 aromatic heterocycles. The van der Waals surface area contributed by atoms with Crippen molar-refractivity contribution in [3.05, 3.63) is 64.5 Å². The van der Waals surface area contributed by atoms with Gasteiger partial charge < -0.3 is 14.4 Å². The van der Waals surface area contributed by atoms with E-state index in [4.69, 9.17) is 0 Å². The van der Waals surface area contributed by atoms with Crippen LogP contribution in [0.2, 0.25) is 0 Å². The van der Waals surface area contributed by atoms with Crippen LogP contribution in [0.3, 0.4) is 0 Å². The minimum Gasteiger partial charge on any atom is -0.368 e. The summed E-state index contributed by atoms with van der Waals surface area (Å²) >= 11 is 0. The van der Waals surface area contributed by atoms with E-state index in [-0.39, 0.29) is 18.1 Å². The van der Waals surface area contributed by atoms with Crippen LogP contribution in [0, 0.1) is 17.0 Å². The van der Waals surface area contributed by atoms with Crippen molar-refractivity contribution in [3.63, 3.8) is 0 Å². The van der Waals surface area contributed by atoms with Crippen LogP contribution < -0.4 is 4.90 Å². The van der Waals surface area contributed by atoms with Crippen molar-refractivity contribution in [1.82, 2.24) is 14.5 Å². The molecule has 0 N–H and O–H groups in total. The lowest BCUT2D eigenvalue weighted by Crippen LogP contribution is -2.49. The van der Waals surface area contributed by atoms with Crippen LogP contribution in [0.5, 0.6) is 0 Å². The lowest BCUT2D eigenvalue weighted by molar-refractivity contribution is -0.384. The van der Waals surface area contributed by atoms with E-state index < -0.39 is 4.92 Å². The highest BCUT2D eigenvalue weighted by Gasteiger charge is 2.23. The van der Waals surface area contributed by atoms with Crippen molar-refractivity contribution < 1.29 is 9.72 Å². The number of rotatable bonds is 4. The Morgan fingerprint density at radius 3 is 2.43 bits per heavy atom. The van der Waals surface area contributed by atoms with E-state index in [1.165, 1.54) is 12.1 Å². The van der Waals surface area contributed by atoms with E-state index in [1.54, 1.807) is 12.1 Å². The molecule has 28 heavy (non-hydrogen) atoms. The lowest BCUT2D eigenvalue weighted by atomic mass is 10.2. The highest BCUT2D eigenvalue weighted by molar-refractivity contribution is 5.81. The Bertz CT molecular complexity index is 1020. The van der Waals surface area contributed by atoms with Gasteiger partial charge in [0.05, 0.1) is 16.0 Å². The molecular formula is C20H21N5O3. The average Bonchev–Trinajstić information content (AvgIpc) is 3.03. The van der Waals surface area contributed by atoms with Gasteiger partial charge in [0.1, 0.15) is 12.4 Å². The number of anilines is 1.